The van der Waals surface area contributed by atoms with E-state index in [1.807, 2.05) is 0 Å². The van der Waals surface area contributed by atoms with Gasteiger partial charge in [-0.15, -0.1) is 0 Å². The maximum atomic E-state index is 11.3. The van der Waals surface area contributed by atoms with Crippen LogP contribution in [0.3, 0.4) is 0 Å². The van der Waals surface area contributed by atoms with Crippen molar-refractivity contribution in [2.45, 2.75) is 18.6 Å². The lowest BCUT2D eigenvalue weighted by atomic mass is 10.1. The van der Waals surface area contributed by atoms with Crippen LogP contribution in [0, 0.1) is 0 Å². The Morgan fingerprint density at radius 3 is 2.56 bits per heavy atom. The summed E-state index contributed by atoms with van der Waals surface area (Å²) in [7, 11) is 0. The Morgan fingerprint density at radius 1 is 1.50 bits per heavy atom. The number of halogens is 1. The van der Waals surface area contributed by atoms with Gasteiger partial charge in [0, 0.05) is 18.2 Å². The van der Waals surface area contributed by atoms with Crippen molar-refractivity contribution in [3.63, 3.8) is 0 Å². The summed E-state index contributed by atoms with van der Waals surface area (Å²) in [5, 5.41) is 18.2. The maximum Gasteiger partial charge on any atom is 0.416 e. The molecule has 2 amide bonds. The lowest BCUT2D eigenvalue weighted by Gasteiger charge is -2.30. The van der Waals surface area contributed by atoms with E-state index in [1.165, 1.54) is 0 Å². The summed E-state index contributed by atoms with van der Waals surface area (Å²) in [6.45, 7) is 0.00333. The first kappa shape index (κ1) is 12.9. The minimum absolute atomic E-state index is 0.00333. The molecule has 1 atom stereocenters. The molecule has 2 N–H and O–H groups in total. The van der Waals surface area contributed by atoms with Crippen molar-refractivity contribution in [1.29, 1.82) is 0 Å². The zero-order valence-electron chi connectivity index (χ0n) is 8.18. The number of carboxylic acid groups (broad SMARTS) is 2. The van der Waals surface area contributed by atoms with Crippen molar-refractivity contribution in [3.05, 3.63) is 0 Å². The van der Waals surface area contributed by atoms with E-state index in [1.54, 1.807) is 0 Å². The van der Waals surface area contributed by atoms with Crippen molar-refractivity contribution < 1.29 is 29.3 Å². The van der Waals surface area contributed by atoms with E-state index in [-0.39, 0.29) is 24.3 Å². The number of aliphatic carboxylic acids is 1. The molecule has 90 valence electrons. The molecule has 0 radical (unpaired) electrons. The van der Waals surface area contributed by atoms with Gasteiger partial charge >= 0.3 is 12.1 Å². The number of alkyl halides is 1. The highest BCUT2D eigenvalue weighted by Crippen LogP contribution is 2.32. The van der Waals surface area contributed by atoms with Crippen molar-refractivity contribution in [1.82, 2.24) is 4.90 Å². The second-order valence-corrected chi connectivity index (χ2v) is 3.93. The Kier molecular flexibility index (Phi) is 3.87. The topological polar surface area (TPSA) is 104 Å². The number of carboxylic acids is 1. The number of hydrogen-bond acceptors (Lipinski definition) is 4. The van der Waals surface area contributed by atoms with Crippen LogP contribution < -0.4 is 0 Å². The third-order valence-electron chi connectivity index (χ3n) is 2.23. The largest absolute Gasteiger partial charge is 0.478 e. The molecule has 0 aliphatic carbocycles. The van der Waals surface area contributed by atoms with E-state index in [9.17, 15) is 14.4 Å². The van der Waals surface area contributed by atoms with Crippen LogP contribution in [0.1, 0.15) is 12.8 Å². The summed E-state index contributed by atoms with van der Waals surface area (Å²) in [5.41, 5.74) is -2.07. The van der Waals surface area contributed by atoms with Gasteiger partial charge < -0.3 is 14.9 Å². The quantitative estimate of drug-likeness (QED) is 0.731. The van der Waals surface area contributed by atoms with Crippen molar-refractivity contribution in [2.24, 2.45) is 0 Å². The van der Waals surface area contributed by atoms with Gasteiger partial charge in [0.05, 0.1) is 6.61 Å². The molecule has 1 rings (SSSR count). The number of likely N-dealkylation sites (tertiary alicyclic amines) is 1. The first-order valence-corrected chi connectivity index (χ1v) is 5.57. The number of nitrogens with zero attached hydrogens (tertiary/aromatic N) is 1. The third kappa shape index (κ3) is 2.03. The molecule has 8 heteroatoms. The summed E-state index contributed by atoms with van der Waals surface area (Å²) >= 11 is 3.03. The molecule has 1 aliphatic rings. The minimum Gasteiger partial charge on any atom is -0.478 e. The number of imide groups is 1. The molecule has 0 aromatic carbocycles. The van der Waals surface area contributed by atoms with Crippen LogP contribution in [0.5, 0.6) is 0 Å². The number of carbonyl (C=O) groups excluding carboxylic acids is 1. The van der Waals surface area contributed by atoms with Crippen molar-refractivity contribution in [2.75, 3.05) is 11.9 Å². The maximum absolute atomic E-state index is 11.3. The van der Waals surface area contributed by atoms with Gasteiger partial charge in [0.15, 0.2) is 0 Å². The molecule has 1 aliphatic heterocycles. The second kappa shape index (κ2) is 4.79. The Hall–Kier alpha value is -1.15. The normalized spacial score (nSPS) is 24.8. The molecular weight excluding hydrogens is 286 g/mol. The van der Waals surface area contributed by atoms with E-state index in [4.69, 9.17) is 14.9 Å². The fourth-order valence-electron chi connectivity index (χ4n) is 1.57. The van der Waals surface area contributed by atoms with Gasteiger partial charge in [-0.1, -0.05) is 15.9 Å². The molecule has 0 spiro atoms. The summed E-state index contributed by atoms with van der Waals surface area (Å²) < 4.78 is 5.02. The monoisotopic (exact) mass is 295 g/mol. The number of amides is 2. The average molecular weight is 296 g/mol. The van der Waals surface area contributed by atoms with Crippen LogP contribution in [-0.2, 0) is 14.3 Å². The number of rotatable bonds is 4. The highest BCUT2D eigenvalue weighted by atomic mass is 79.9. The summed E-state index contributed by atoms with van der Waals surface area (Å²) in [6.07, 6.45) is -1.93. The Bertz CT molecular complexity index is 332. The first-order valence-electron chi connectivity index (χ1n) is 4.45. The van der Waals surface area contributed by atoms with Crippen LogP contribution in [0.2, 0.25) is 0 Å². The lowest BCUT2D eigenvalue weighted by molar-refractivity contribution is -0.186. The van der Waals surface area contributed by atoms with Gasteiger partial charge in [0.2, 0.25) is 5.91 Å². The average Bonchev–Trinajstić information content (AvgIpc) is 2.54. The zero-order valence-corrected chi connectivity index (χ0v) is 9.77. The molecule has 1 fully saturated rings. The zero-order chi connectivity index (χ0) is 12.3. The summed E-state index contributed by atoms with van der Waals surface area (Å²) in [4.78, 5) is 33.5. The van der Waals surface area contributed by atoms with Crippen LogP contribution in [0.15, 0.2) is 0 Å². The van der Waals surface area contributed by atoms with E-state index in [0.29, 0.717) is 5.33 Å². The van der Waals surface area contributed by atoms with Gasteiger partial charge in [0.1, 0.15) is 0 Å². The molecule has 0 aromatic rings. The molecule has 1 heterocycles. The number of carbonyl (C=O) groups is 3. The lowest BCUT2D eigenvalue weighted by Crippen LogP contribution is -2.56. The van der Waals surface area contributed by atoms with E-state index < -0.39 is 23.7 Å². The Balaban J connectivity index is 3.03. The van der Waals surface area contributed by atoms with Crippen molar-refractivity contribution >= 4 is 33.9 Å². The molecule has 0 bridgehead atoms. The third-order valence-corrected chi connectivity index (χ3v) is 2.56. The predicted octanol–water partition coefficient (Wildman–Crippen LogP) is 0.479. The standard InChI is InChI=1S/C8H10BrNO6/c9-3-4-16-8(6(12)13)2-1-5(11)10(8)7(14)15/h1-4H2,(H,12,13)(H,14,15). The molecule has 7 nitrogen and oxygen atoms in total. The van der Waals surface area contributed by atoms with E-state index >= 15 is 0 Å². The van der Waals surface area contributed by atoms with Gasteiger partial charge in [-0.25, -0.2) is 14.5 Å². The second-order valence-electron chi connectivity index (χ2n) is 3.14. The Morgan fingerprint density at radius 2 is 2.12 bits per heavy atom. The van der Waals surface area contributed by atoms with Crippen LogP contribution in [0.4, 0.5) is 4.79 Å². The fraction of sp³-hybridized carbons (Fsp3) is 0.625. The Labute approximate surface area is 99.1 Å². The smallest absolute Gasteiger partial charge is 0.416 e. The van der Waals surface area contributed by atoms with Gasteiger partial charge in [-0.2, -0.15) is 0 Å². The highest BCUT2D eigenvalue weighted by molar-refractivity contribution is 9.09. The van der Waals surface area contributed by atoms with Gasteiger partial charge in [-0.3, -0.25) is 4.79 Å². The molecule has 1 unspecified atom stereocenters. The SMILES string of the molecule is O=C(O)N1C(=O)CCC1(OCCBr)C(=O)O. The minimum atomic E-state index is -2.07. The van der Waals surface area contributed by atoms with Crippen LogP contribution >= 0.6 is 15.9 Å². The molecular formula is C8H10BrNO6. The van der Waals surface area contributed by atoms with Crippen LogP contribution in [-0.4, -0.2) is 50.7 Å². The van der Waals surface area contributed by atoms with Crippen LogP contribution in [0.25, 0.3) is 0 Å². The molecule has 0 saturated carbocycles. The van der Waals surface area contributed by atoms with Crippen molar-refractivity contribution in [3.8, 4) is 0 Å². The number of ether oxygens (including phenoxy) is 1. The first-order chi connectivity index (χ1) is 7.45. The highest BCUT2D eigenvalue weighted by Gasteiger charge is 2.56. The summed E-state index contributed by atoms with van der Waals surface area (Å²) in [6, 6.07) is 0. The van der Waals surface area contributed by atoms with Gasteiger partial charge in [-0.05, 0) is 0 Å². The van der Waals surface area contributed by atoms with E-state index in [0.717, 1.165) is 0 Å². The fourth-order valence-corrected chi connectivity index (χ4v) is 1.73. The molecule has 16 heavy (non-hydrogen) atoms. The molecule has 0 aromatic heterocycles. The molecule has 1 saturated heterocycles. The predicted molar refractivity (Wildman–Crippen MR) is 54.2 cm³/mol. The summed E-state index contributed by atoms with van der Waals surface area (Å²) in [5.74, 6) is -2.23. The number of hydrogen-bond donors (Lipinski definition) is 2. The van der Waals surface area contributed by atoms with Gasteiger partial charge in [0.25, 0.3) is 5.72 Å². The van der Waals surface area contributed by atoms with E-state index in [2.05, 4.69) is 15.9 Å².